The van der Waals surface area contributed by atoms with Crippen LogP contribution >= 0.6 is 0 Å². The summed E-state index contributed by atoms with van der Waals surface area (Å²) in [4.78, 5) is 22.9. The first-order valence-corrected chi connectivity index (χ1v) is 9.72. The van der Waals surface area contributed by atoms with Crippen molar-refractivity contribution in [1.29, 1.82) is 0 Å². The predicted octanol–water partition coefficient (Wildman–Crippen LogP) is 0.155. The van der Waals surface area contributed by atoms with E-state index >= 15 is 0 Å². The van der Waals surface area contributed by atoms with Crippen molar-refractivity contribution < 1.29 is 18.0 Å². The van der Waals surface area contributed by atoms with Crippen LogP contribution in [0.5, 0.6) is 0 Å². The second-order valence-electron chi connectivity index (χ2n) is 6.40. The van der Waals surface area contributed by atoms with E-state index in [1.807, 2.05) is 0 Å². The lowest BCUT2D eigenvalue weighted by Gasteiger charge is -2.29. The fourth-order valence-corrected chi connectivity index (χ4v) is 4.74. The molecule has 1 heterocycles. The Labute approximate surface area is 131 Å². The molecule has 0 radical (unpaired) electrons. The minimum atomic E-state index is -2.93. The van der Waals surface area contributed by atoms with Crippen LogP contribution in [0.2, 0.25) is 0 Å². The number of nitrogens with one attached hydrogen (secondary N) is 2. The lowest BCUT2D eigenvalue weighted by Crippen LogP contribution is -2.43. The average Bonchev–Trinajstić information content (AvgIpc) is 2.45. The largest absolute Gasteiger partial charge is 0.356 e. The Bertz CT molecular complexity index is 498. The number of hydrogen-bond acceptors (Lipinski definition) is 4. The molecule has 1 saturated carbocycles. The van der Waals surface area contributed by atoms with Gasteiger partial charge in [-0.2, -0.15) is 0 Å². The van der Waals surface area contributed by atoms with Gasteiger partial charge in [0, 0.05) is 18.5 Å². The Morgan fingerprint density at radius 2 is 1.59 bits per heavy atom. The lowest BCUT2D eigenvalue weighted by atomic mass is 9.86. The molecule has 3 amide bonds. The van der Waals surface area contributed by atoms with E-state index in [9.17, 15) is 18.0 Å². The number of nitrogens with two attached hydrogens (primary N) is 1. The number of amides is 3. The molecular weight excluding hydrogens is 306 g/mol. The van der Waals surface area contributed by atoms with Gasteiger partial charge in [0.25, 0.3) is 0 Å². The van der Waals surface area contributed by atoms with Crippen LogP contribution < -0.4 is 16.4 Å². The summed E-state index contributed by atoms with van der Waals surface area (Å²) in [6, 6.07) is -0.336. The minimum Gasteiger partial charge on any atom is -0.356 e. The van der Waals surface area contributed by atoms with Gasteiger partial charge in [-0.05, 0) is 44.4 Å². The Kier molecular flexibility index (Phi) is 5.66. The maximum absolute atomic E-state index is 12.1. The molecule has 1 saturated heterocycles. The monoisotopic (exact) mass is 331 g/mol. The van der Waals surface area contributed by atoms with Crippen molar-refractivity contribution in [3.05, 3.63) is 0 Å². The number of sulfone groups is 1. The van der Waals surface area contributed by atoms with Crippen molar-refractivity contribution in [2.45, 2.75) is 44.6 Å². The van der Waals surface area contributed by atoms with Crippen LogP contribution in [0.4, 0.5) is 4.79 Å². The van der Waals surface area contributed by atoms with Gasteiger partial charge in [0.2, 0.25) is 5.91 Å². The number of primary amides is 1. The maximum atomic E-state index is 12.1. The zero-order valence-corrected chi connectivity index (χ0v) is 13.5. The third-order valence-electron chi connectivity index (χ3n) is 4.68. The van der Waals surface area contributed by atoms with E-state index in [0.29, 0.717) is 25.3 Å². The van der Waals surface area contributed by atoms with E-state index in [1.54, 1.807) is 0 Å². The average molecular weight is 331 g/mol. The van der Waals surface area contributed by atoms with Gasteiger partial charge in [-0.15, -0.1) is 0 Å². The molecule has 7 nitrogen and oxygen atoms in total. The first kappa shape index (κ1) is 17.1. The summed E-state index contributed by atoms with van der Waals surface area (Å²) < 4.78 is 22.7. The first-order valence-electron chi connectivity index (χ1n) is 7.90. The van der Waals surface area contributed by atoms with Crippen molar-refractivity contribution in [2.75, 3.05) is 18.1 Å². The van der Waals surface area contributed by atoms with Crippen LogP contribution in [0.15, 0.2) is 0 Å². The Morgan fingerprint density at radius 1 is 1.00 bits per heavy atom. The molecule has 0 aromatic carbocycles. The van der Waals surface area contributed by atoms with Gasteiger partial charge < -0.3 is 16.4 Å². The molecule has 0 atom stereocenters. The van der Waals surface area contributed by atoms with E-state index < -0.39 is 15.9 Å². The normalized spacial score (nSPS) is 28.7. The van der Waals surface area contributed by atoms with Crippen LogP contribution in [-0.4, -0.2) is 44.4 Å². The molecule has 0 unspecified atom stereocenters. The zero-order chi connectivity index (χ0) is 16.2. The third kappa shape index (κ3) is 5.15. The molecule has 126 valence electrons. The van der Waals surface area contributed by atoms with E-state index in [0.717, 1.165) is 25.7 Å². The maximum Gasteiger partial charge on any atom is 0.312 e. The summed E-state index contributed by atoms with van der Waals surface area (Å²) in [5.74, 6) is 0.468. The van der Waals surface area contributed by atoms with Gasteiger partial charge >= 0.3 is 6.03 Å². The zero-order valence-electron chi connectivity index (χ0n) is 12.7. The Hall–Kier alpha value is -1.31. The fraction of sp³-hybridized carbons (Fsp3) is 0.857. The Balaban J connectivity index is 1.66. The van der Waals surface area contributed by atoms with Crippen molar-refractivity contribution >= 4 is 21.8 Å². The quantitative estimate of drug-likeness (QED) is 0.679. The van der Waals surface area contributed by atoms with Crippen LogP contribution in [0.3, 0.4) is 0 Å². The third-order valence-corrected chi connectivity index (χ3v) is 6.40. The molecule has 0 bridgehead atoms. The molecule has 1 aliphatic heterocycles. The van der Waals surface area contributed by atoms with Crippen molar-refractivity contribution in [1.82, 2.24) is 10.6 Å². The van der Waals surface area contributed by atoms with Gasteiger partial charge in [0.1, 0.15) is 9.84 Å². The van der Waals surface area contributed by atoms with Gasteiger partial charge in [0.05, 0.1) is 11.5 Å². The smallest absolute Gasteiger partial charge is 0.312 e. The topological polar surface area (TPSA) is 118 Å². The Morgan fingerprint density at radius 3 is 2.14 bits per heavy atom. The second kappa shape index (κ2) is 7.30. The predicted molar refractivity (Wildman–Crippen MR) is 82.9 cm³/mol. The molecule has 4 N–H and O–H groups in total. The van der Waals surface area contributed by atoms with Crippen molar-refractivity contribution in [2.24, 2.45) is 17.6 Å². The number of carbonyl (C=O) groups is 2. The van der Waals surface area contributed by atoms with E-state index in [4.69, 9.17) is 5.73 Å². The standard InChI is InChI=1S/C14H25N3O4S/c15-14(19)17-12-3-1-10(2-4-12)9-16-13(18)11-5-7-22(20,21)8-6-11/h10-12H,1-9H2,(H,16,18)(H3,15,17,19). The summed E-state index contributed by atoms with van der Waals surface area (Å²) in [5.41, 5.74) is 5.11. The van der Waals surface area contributed by atoms with Crippen LogP contribution in [0, 0.1) is 11.8 Å². The molecule has 2 rings (SSSR count). The van der Waals surface area contributed by atoms with Crippen molar-refractivity contribution in [3.63, 3.8) is 0 Å². The van der Waals surface area contributed by atoms with Gasteiger partial charge in [-0.3, -0.25) is 4.79 Å². The molecule has 1 aliphatic carbocycles. The number of urea groups is 1. The number of carbonyl (C=O) groups excluding carboxylic acids is 2. The minimum absolute atomic E-state index is 0.0210. The number of hydrogen-bond donors (Lipinski definition) is 3. The molecule has 22 heavy (non-hydrogen) atoms. The summed E-state index contributed by atoms with van der Waals surface area (Å²) in [6.45, 7) is 0.630. The SMILES string of the molecule is NC(=O)NC1CCC(CNC(=O)C2CCS(=O)(=O)CC2)CC1. The highest BCUT2D eigenvalue weighted by Crippen LogP contribution is 2.24. The molecule has 2 aliphatic rings. The molecule has 2 fully saturated rings. The summed E-state index contributed by atoms with van der Waals surface area (Å²) in [6.07, 6.45) is 4.53. The lowest BCUT2D eigenvalue weighted by molar-refractivity contribution is -0.125. The van der Waals surface area contributed by atoms with E-state index in [2.05, 4.69) is 10.6 Å². The molecule has 8 heteroatoms. The highest BCUT2D eigenvalue weighted by atomic mass is 32.2. The second-order valence-corrected chi connectivity index (χ2v) is 8.70. The van der Waals surface area contributed by atoms with Gasteiger partial charge in [-0.1, -0.05) is 0 Å². The van der Waals surface area contributed by atoms with Crippen molar-refractivity contribution in [3.8, 4) is 0 Å². The molecular formula is C14H25N3O4S. The van der Waals surface area contributed by atoms with Crippen LogP contribution in [-0.2, 0) is 14.6 Å². The highest BCUT2D eigenvalue weighted by Gasteiger charge is 2.29. The molecule has 0 aromatic rings. The van der Waals surface area contributed by atoms with E-state index in [-0.39, 0.29) is 29.4 Å². The summed E-state index contributed by atoms with van der Waals surface area (Å²) in [5, 5.41) is 5.68. The highest BCUT2D eigenvalue weighted by molar-refractivity contribution is 7.91. The first-order chi connectivity index (χ1) is 10.4. The van der Waals surface area contributed by atoms with Crippen LogP contribution in [0.1, 0.15) is 38.5 Å². The number of rotatable bonds is 4. The summed E-state index contributed by atoms with van der Waals surface area (Å²) >= 11 is 0. The molecule has 0 aromatic heterocycles. The van der Waals surface area contributed by atoms with Gasteiger partial charge in [0.15, 0.2) is 0 Å². The summed E-state index contributed by atoms with van der Waals surface area (Å²) in [7, 11) is -2.93. The van der Waals surface area contributed by atoms with E-state index in [1.165, 1.54) is 0 Å². The fourth-order valence-electron chi connectivity index (χ4n) is 3.25. The van der Waals surface area contributed by atoms with Crippen LogP contribution in [0.25, 0.3) is 0 Å². The molecule has 0 spiro atoms. The van der Waals surface area contributed by atoms with Gasteiger partial charge in [-0.25, -0.2) is 13.2 Å².